The van der Waals surface area contributed by atoms with Crippen molar-refractivity contribution in [3.05, 3.63) is 75.5 Å². The SMILES string of the molecule is Cc1c(C(=O)OCc2cccc([N+](=O)[O-])c2)oc2ccccc12. The van der Waals surface area contributed by atoms with E-state index in [1.165, 1.54) is 12.1 Å². The number of carbonyl (C=O) groups is 1. The summed E-state index contributed by atoms with van der Waals surface area (Å²) in [5, 5.41) is 11.6. The van der Waals surface area contributed by atoms with Crippen molar-refractivity contribution in [2.75, 3.05) is 0 Å². The molecule has 0 bridgehead atoms. The molecule has 0 amide bonds. The molecule has 6 heteroatoms. The smallest absolute Gasteiger partial charge is 0.374 e. The zero-order valence-electron chi connectivity index (χ0n) is 12.3. The zero-order valence-corrected chi connectivity index (χ0v) is 12.3. The maximum Gasteiger partial charge on any atom is 0.374 e. The van der Waals surface area contributed by atoms with Crippen LogP contribution >= 0.6 is 0 Å². The molecule has 116 valence electrons. The van der Waals surface area contributed by atoms with Gasteiger partial charge in [-0.3, -0.25) is 10.1 Å². The topological polar surface area (TPSA) is 82.6 Å². The Morgan fingerprint density at radius 2 is 2.00 bits per heavy atom. The molecule has 0 saturated carbocycles. The molecule has 23 heavy (non-hydrogen) atoms. The van der Waals surface area contributed by atoms with Crippen molar-refractivity contribution in [1.82, 2.24) is 0 Å². The average molecular weight is 311 g/mol. The summed E-state index contributed by atoms with van der Waals surface area (Å²) in [5.74, 6) is -0.443. The van der Waals surface area contributed by atoms with E-state index < -0.39 is 10.9 Å². The minimum absolute atomic E-state index is 0.0431. The van der Waals surface area contributed by atoms with Gasteiger partial charge >= 0.3 is 5.97 Å². The second kappa shape index (κ2) is 5.92. The Hall–Kier alpha value is -3.15. The Morgan fingerprint density at radius 3 is 2.74 bits per heavy atom. The molecule has 1 heterocycles. The van der Waals surface area contributed by atoms with Crippen LogP contribution in [0.2, 0.25) is 0 Å². The lowest BCUT2D eigenvalue weighted by atomic mass is 10.1. The van der Waals surface area contributed by atoms with Crippen molar-refractivity contribution in [3.63, 3.8) is 0 Å². The van der Waals surface area contributed by atoms with Crippen LogP contribution in [-0.4, -0.2) is 10.9 Å². The predicted octanol–water partition coefficient (Wildman–Crippen LogP) is 4.01. The van der Waals surface area contributed by atoms with Crippen LogP contribution in [0.15, 0.2) is 52.9 Å². The lowest BCUT2D eigenvalue weighted by Crippen LogP contribution is -2.05. The molecule has 6 nitrogen and oxygen atoms in total. The minimum Gasteiger partial charge on any atom is -0.455 e. The van der Waals surface area contributed by atoms with Gasteiger partial charge in [-0.05, 0) is 18.6 Å². The largest absolute Gasteiger partial charge is 0.455 e. The average Bonchev–Trinajstić information content (AvgIpc) is 2.90. The number of aryl methyl sites for hydroxylation is 1. The molecule has 0 fully saturated rings. The summed E-state index contributed by atoms with van der Waals surface area (Å²) in [5.41, 5.74) is 1.83. The third-order valence-electron chi connectivity index (χ3n) is 3.52. The van der Waals surface area contributed by atoms with Gasteiger partial charge in [-0.15, -0.1) is 0 Å². The minimum atomic E-state index is -0.592. The molecule has 2 aromatic carbocycles. The third kappa shape index (κ3) is 2.91. The van der Waals surface area contributed by atoms with Crippen molar-refractivity contribution >= 4 is 22.6 Å². The molecule has 0 atom stereocenters. The molecule has 0 N–H and O–H groups in total. The first-order valence-corrected chi connectivity index (χ1v) is 6.95. The second-order valence-electron chi connectivity index (χ2n) is 5.06. The number of fused-ring (bicyclic) bond motifs is 1. The van der Waals surface area contributed by atoms with E-state index in [0.717, 1.165) is 5.39 Å². The number of esters is 1. The van der Waals surface area contributed by atoms with Gasteiger partial charge in [0.2, 0.25) is 5.76 Å². The van der Waals surface area contributed by atoms with Crippen LogP contribution in [0.3, 0.4) is 0 Å². The van der Waals surface area contributed by atoms with Gasteiger partial charge in [0.25, 0.3) is 5.69 Å². The summed E-state index contributed by atoms with van der Waals surface area (Å²) in [7, 11) is 0. The Bertz CT molecular complexity index is 897. The number of benzene rings is 2. The Kier molecular flexibility index (Phi) is 3.80. The monoisotopic (exact) mass is 311 g/mol. The number of hydrogen-bond acceptors (Lipinski definition) is 5. The fourth-order valence-corrected chi connectivity index (χ4v) is 2.34. The summed E-state index contributed by atoms with van der Waals surface area (Å²) in [6.07, 6.45) is 0. The van der Waals surface area contributed by atoms with E-state index in [4.69, 9.17) is 9.15 Å². The number of furan rings is 1. The van der Waals surface area contributed by atoms with Gasteiger partial charge in [0.1, 0.15) is 12.2 Å². The first-order valence-electron chi connectivity index (χ1n) is 6.95. The second-order valence-corrected chi connectivity index (χ2v) is 5.06. The lowest BCUT2D eigenvalue weighted by Gasteiger charge is -2.03. The normalized spacial score (nSPS) is 10.7. The quantitative estimate of drug-likeness (QED) is 0.413. The number of non-ortho nitro benzene ring substituents is 1. The predicted molar refractivity (Wildman–Crippen MR) is 83.2 cm³/mol. The van der Waals surface area contributed by atoms with E-state index in [2.05, 4.69) is 0 Å². The van der Waals surface area contributed by atoms with Gasteiger partial charge in [-0.25, -0.2) is 4.79 Å². The Morgan fingerprint density at radius 1 is 1.22 bits per heavy atom. The number of hydrogen-bond donors (Lipinski definition) is 0. The van der Waals surface area contributed by atoms with Crippen molar-refractivity contribution in [2.45, 2.75) is 13.5 Å². The van der Waals surface area contributed by atoms with Crippen LogP contribution < -0.4 is 0 Å². The molecular formula is C17H13NO5. The molecule has 0 radical (unpaired) electrons. The maximum absolute atomic E-state index is 12.2. The van der Waals surface area contributed by atoms with E-state index in [0.29, 0.717) is 16.7 Å². The fourth-order valence-electron chi connectivity index (χ4n) is 2.34. The first-order chi connectivity index (χ1) is 11.1. The number of nitro groups is 1. The molecule has 0 aliphatic carbocycles. The number of nitro benzene ring substituents is 1. The molecule has 0 spiro atoms. The standard InChI is InChI=1S/C17H13NO5/c1-11-14-7-2-3-8-15(14)23-16(11)17(19)22-10-12-5-4-6-13(9-12)18(20)21/h2-9H,10H2,1H3. The van der Waals surface area contributed by atoms with Gasteiger partial charge in [-0.1, -0.05) is 30.3 Å². The van der Waals surface area contributed by atoms with Crippen LogP contribution in [0.25, 0.3) is 11.0 Å². The van der Waals surface area contributed by atoms with Crippen LogP contribution in [0.5, 0.6) is 0 Å². The van der Waals surface area contributed by atoms with E-state index in [9.17, 15) is 14.9 Å². The Labute approximate surface area is 131 Å². The highest BCUT2D eigenvalue weighted by molar-refractivity contribution is 5.95. The van der Waals surface area contributed by atoms with Crippen molar-refractivity contribution in [1.29, 1.82) is 0 Å². The van der Waals surface area contributed by atoms with Crippen molar-refractivity contribution in [3.8, 4) is 0 Å². The van der Waals surface area contributed by atoms with Crippen LogP contribution in [0, 0.1) is 17.0 Å². The fraction of sp³-hybridized carbons (Fsp3) is 0.118. The molecule has 1 aromatic heterocycles. The van der Waals surface area contributed by atoms with Gasteiger partial charge in [0.15, 0.2) is 0 Å². The molecule has 0 aliphatic heterocycles. The highest BCUT2D eigenvalue weighted by Crippen LogP contribution is 2.25. The number of para-hydroxylation sites is 1. The number of nitrogens with zero attached hydrogens (tertiary/aromatic N) is 1. The number of rotatable bonds is 4. The Balaban J connectivity index is 1.77. The summed E-state index contributed by atoms with van der Waals surface area (Å²) in [4.78, 5) is 22.4. The summed E-state index contributed by atoms with van der Waals surface area (Å²) in [6, 6.07) is 13.3. The van der Waals surface area contributed by atoms with Crippen LogP contribution in [-0.2, 0) is 11.3 Å². The zero-order chi connectivity index (χ0) is 16.4. The molecule has 3 rings (SSSR count). The maximum atomic E-state index is 12.2. The van der Waals surface area contributed by atoms with Gasteiger partial charge in [-0.2, -0.15) is 0 Å². The van der Waals surface area contributed by atoms with E-state index >= 15 is 0 Å². The highest BCUT2D eigenvalue weighted by Gasteiger charge is 2.19. The summed E-state index contributed by atoms with van der Waals surface area (Å²) >= 11 is 0. The van der Waals surface area contributed by atoms with Crippen LogP contribution in [0.4, 0.5) is 5.69 Å². The van der Waals surface area contributed by atoms with Crippen LogP contribution in [0.1, 0.15) is 21.7 Å². The molecule has 3 aromatic rings. The van der Waals surface area contributed by atoms with Gasteiger partial charge in [0, 0.05) is 23.1 Å². The number of carbonyl (C=O) groups excluding carboxylic acids is 1. The first kappa shape index (κ1) is 14.8. The lowest BCUT2D eigenvalue weighted by molar-refractivity contribution is -0.384. The van der Waals surface area contributed by atoms with Crippen molar-refractivity contribution in [2.24, 2.45) is 0 Å². The highest BCUT2D eigenvalue weighted by atomic mass is 16.6. The summed E-state index contributed by atoms with van der Waals surface area (Å²) in [6.45, 7) is 1.73. The molecule has 0 aliphatic rings. The molecule has 0 saturated heterocycles. The molecule has 0 unspecified atom stereocenters. The number of ether oxygens (including phenoxy) is 1. The molecular weight excluding hydrogens is 298 g/mol. The van der Waals surface area contributed by atoms with Gasteiger partial charge in [0.05, 0.1) is 4.92 Å². The van der Waals surface area contributed by atoms with E-state index in [1.807, 2.05) is 18.2 Å². The third-order valence-corrected chi connectivity index (χ3v) is 3.52. The van der Waals surface area contributed by atoms with Crippen molar-refractivity contribution < 1.29 is 18.9 Å². The van der Waals surface area contributed by atoms with E-state index in [1.54, 1.807) is 25.1 Å². The summed E-state index contributed by atoms with van der Waals surface area (Å²) < 4.78 is 10.7. The van der Waals surface area contributed by atoms with E-state index in [-0.39, 0.29) is 18.1 Å². The van der Waals surface area contributed by atoms with Gasteiger partial charge < -0.3 is 9.15 Å².